The van der Waals surface area contributed by atoms with Crippen molar-refractivity contribution < 1.29 is 21.5 Å². The summed E-state index contributed by atoms with van der Waals surface area (Å²) in [5.74, 6) is 1.77. The van der Waals surface area contributed by atoms with Crippen LogP contribution in [0.2, 0.25) is 0 Å². The topological polar surface area (TPSA) is 37.8 Å². The molecule has 1 aromatic rings. The van der Waals surface area contributed by atoms with Gasteiger partial charge < -0.3 is 0 Å². The summed E-state index contributed by atoms with van der Waals surface area (Å²) in [6.07, 6.45) is 1.77. The van der Waals surface area contributed by atoms with Gasteiger partial charge in [-0.2, -0.15) is 0 Å². The number of aryl methyl sites for hydroxylation is 1. The third-order valence-corrected chi connectivity index (χ3v) is 2.06. The van der Waals surface area contributed by atoms with Crippen LogP contribution in [-0.4, -0.2) is 14.9 Å². The van der Waals surface area contributed by atoms with Crippen molar-refractivity contribution in [3.63, 3.8) is 0 Å². The molecule has 1 N–H and O–H groups in total. The van der Waals surface area contributed by atoms with Gasteiger partial charge in [0.05, 0.1) is 0 Å². The predicted molar refractivity (Wildman–Crippen MR) is 36.3 cm³/mol. The van der Waals surface area contributed by atoms with Crippen molar-refractivity contribution in [2.75, 3.05) is 8.46 Å². The monoisotopic (exact) mass is 250 g/mol. The number of hydrogen-bond donors (Lipinski definition) is 1. The average Bonchev–Trinajstić information content (AvgIpc) is 1.88. The first-order valence-corrected chi connectivity index (χ1v) is 6.10. The molecule has 1 heterocycles. The van der Waals surface area contributed by atoms with Gasteiger partial charge in [0.15, 0.2) is 0 Å². The van der Waals surface area contributed by atoms with Gasteiger partial charge in [0.2, 0.25) is 0 Å². The summed E-state index contributed by atoms with van der Waals surface area (Å²) >= 11 is 0.0757. The fourth-order valence-electron chi connectivity index (χ4n) is 0.606. The number of anilines is 1. The van der Waals surface area contributed by atoms with Crippen molar-refractivity contribution in [3.05, 3.63) is 18.1 Å². The summed E-state index contributed by atoms with van der Waals surface area (Å²) in [6, 6.07) is 1.89. The number of nitrogens with one attached hydrogen (secondary N) is 1. The van der Waals surface area contributed by atoms with Crippen LogP contribution < -0.4 is 25.0 Å². The number of aromatic nitrogens is 2. The van der Waals surface area contributed by atoms with E-state index in [-0.39, 0.29) is 21.5 Å². The minimum absolute atomic E-state index is 0.0757. The molecule has 0 atom stereocenters. The molecule has 0 amide bonds. The Morgan fingerprint density at radius 1 is 1.60 bits per heavy atom. The average molecular weight is 250 g/mol. The molecule has 56 valence electrons. The van der Waals surface area contributed by atoms with Crippen molar-refractivity contribution in [1.29, 1.82) is 0 Å². The second-order valence-corrected chi connectivity index (χ2v) is 3.39. The molecule has 0 aliphatic rings. The number of rotatable bonds is 2. The van der Waals surface area contributed by atoms with Crippen LogP contribution in [0, 0.1) is 6.92 Å². The number of nitrogens with zero attached hydrogens (tertiary/aromatic N) is 2. The summed E-state index contributed by atoms with van der Waals surface area (Å²) in [4.78, 5) is 10.3. The van der Waals surface area contributed by atoms with E-state index in [9.17, 15) is 0 Å². The fourth-order valence-corrected chi connectivity index (χ4v) is 1.46. The number of alkyl halides is 1. The Morgan fingerprint density at radius 2 is 2.40 bits per heavy atom. The van der Waals surface area contributed by atoms with Crippen molar-refractivity contribution in [2.24, 2.45) is 0 Å². The summed E-state index contributed by atoms with van der Waals surface area (Å²) in [7, 11) is 0. The van der Waals surface area contributed by atoms with E-state index in [0.717, 1.165) is 11.6 Å². The van der Waals surface area contributed by atoms with E-state index >= 15 is 0 Å². The van der Waals surface area contributed by atoms with E-state index in [0.29, 0.717) is 0 Å². The van der Waals surface area contributed by atoms with E-state index in [1.165, 1.54) is 0 Å². The van der Waals surface area contributed by atoms with Crippen molar-refractivity contribution in [3.8, 4) is 0 Å². The fraction of sp³-hybridized carbons (Fsp3) is 0.333. The zero-order valence-corrected chi connectivity index (χ0v) is 8.08. The van der Waals surface area contributed by atoms with Gasteiger partial charge in [-0.3, -0.25) is 0 Å². The summed E-state index contributed by atoms with van der Waals surface area (Å²) < 4.78 is 3.21. The van der Waals surface area contributed by atoms with Crippen LogP contribution in [0.25, 0.3) is 0 Å². The zero-order valence-electron chi connectivity index (χ0n) is 5.93. The Labute approximate surface area is 70.9 Å². The van der Waals surface area contributed by atoms with Crippen LogP contribution in [0.4, 0.5) is 5.82 Å². The second-order valence-electron chi connectivity index (χ2n) is 1.77. The van der Waals surface area contributed by atoms with Crippen LogP contribution in [0.5, 0.6) is 0 Å². The molecule has 1 rings (SSSR count). The van der Waals surface area contributed by atoms with Gasteiger partial charge in [-0.15, -0.1) is 0 Å². The van der Waals surface area contributed by atoms with Gasteiger partial charge in [-0.1, -0.05) is 0 Å². The van der Waals surface area contributed by atoms with Crippen LogP contribution in [0.15, 0.2) is 12.3 Å². The molecule has 0 fully saturated rings. The first-order valence-electron chi connectivity index (χ1n) is 2.87. The maximum absolute atomic E-state index is 4.17. The molecule has 4 heteroatoms. The maximum atomic E-state index is 4.17. The summed E-state index contributed by atoms with van der Waals surface area (Å²) in [6.45, 7) is 1.89. The first-order chi connectivity index (χ1) is 4.83. The van der Waals surface area contributed by atoms with Crippen LogP contribution in [0.3, 0.4) is 0 Å². The van der Waals surface area contributed by atoms with E-state index in [1.807, 2.05) is 13.0 Å². The number of hydrogen-bond acceptors (Lipinski definition) is 3. The standard InChI is InChI=1S/C6H9IN3/c1-5-8-4-3-6(9-5)10-7-2/h3-4H,1-2H3,(H,8,9,10)/q-1. The molecule has 0 bridgehead atoms. The Hall–Kier alpha value is -0.390. The Balaban J connectivity index is 2.75. The van der Waals surface area contributed by atoms with Gasteiger partial charge in [-0.05, 0) is 0 Å². The third-order valence-electron chi connectivity index (χ3n) is 0.967. The molecular formula is C6H9IN3-. The van der Waals surface area contributed by atoms with Crippen LogP contribution in [-0.2, 0) is 0 Å². The van der Waals surface area contributed by atoms with Gasteiger partial charge >= 0.3 is 70.7 Å². The molecular weight excluding hydrogens is 241 g/mol. The van der Waals surface area contributed by atoms with Crippen molar-refractivity contribution >= 4 is 5.82 Å². The zero-order chi connectivity index (χ0) is 7.40. The Morgan fingerprint density at radius 3 is 3.00 bits per heavy atom. The Bertz CT molecular complexity index is 214. The molecule has 3 nitrogen and oxygen atoms in total. The molecule has 0 aliphatic carbocycles. The molecule has 1 aromatic heterocycles. The van der Waals surface area contributed by atoms with Crippen LogP contribution >= 0.6 is 0 Å². The number of halogens is 1. The SMILES string of the molecule is C[I-]Nc1ccnc(C)n1. The predicted octanol–water partition coefficient (Wildman–Crippen LogP) is -2.17. The van der Waals surface area contributed by atoms with Gasteiger partial charge in [0.25, 0.3) is 0 Å². The van der Waals surface area contributed by atoms with Crippen molar-refractivity contribution in [1.82, 2.24) is 9.97 Å². The third kappa shape index (κ3) is 2.09. The molecule has 10 heavy (non-hydrogen) atoms. The van der Waals surface area contributed by atoms with E-state index in [4.69, 9.17) is 0 Å². The minimum atomic E-state index is 0.0757. The molecule has 0 unspecified atom stereocenters. The summed E-state index contributed by atoms with van der Waals surface area (Å²) in [5, 5.41) is 0. The Kier molecular flexibility index (Phi) is 2.85. The molecule has 0 saturated heterocycles. The first kappa shape index (κ1) is 7.71. The van der Waals surface area contributed by atoms with Gasteiger partial charge in [0.1, 0.15) is 0 Å². The molecule has 0 aliphatic heterocycles. The van der Waals surface area contributed by atoms with E-state index in [2.05, 4.69) is 18.4 Å². The summed E-state index contributed by atoms with van der Waals surface area (Å²) in [5.41, 5.74) is 0. The molecule has 0 aromatic carbocycles. The molecule has 0 radical (unpaired) electrons. The molecule has 0 saturated carbocycles. The van der Waals surface area contributed by atoms with E-state index < -0.39 is 0 Å². The van der Waals surface area contributed by atoms with Crippen molar-refractivity contribution in [2.45, 2.75) is 6.92 Å². The van der Waals surface area contributed by atoms with Gasteiger partial charge in [0, 0.05) is 0 Å². The quantitative estimate of drug-likeness (QED) is 0.369. The van der Waals surface area contributed by atoms with Crippen LogP contribution in [0.1, 0.15) is 5.82 Å². The molecule has 0 spiro atoms. The normalized spacial score (nSPS) is 9.80. The van der Waals surface area contributed by atoms with E-state index in [1.54, 1.807) is 6.20 Å². The second kappa shape index (κ2) is 3.70. The van der Waals surface area contributed by atoms with Gasteiger partial charge in [-0.25, -0.2) is 0 Å².